The number of aliphatic imine (C=N–C) groups is 1. The van der Waals surface area contributed by atoms with Crippen LogP contribution in [0.3, 0.4) is 0 Å². The molecule has 0 aliphatic carbocycles. The van der Waals surface area contributed by atoms with Crippen LogP contribution in [0, 0.1) is 6.92 Å². The fourth-order valence-electron chi connectivity index (χ4n) is 3.58. The minimum atomic E-state index is -0.196. The number of hydrogen-bond acceptors (Lipinski definition) is 4. The molecule has 1 heterocycles. The van der Waals surface area contributed by atoms with Crippen molar-refractivity contribution in [3.8, 4) is 17.2 Å². The van der Waals surface area contributed by atoms with Crippen LogP contribution in [0.4, 0.5) is 5.69 Å². The summed E-state index contributed by atoms with van der Waals surface area (Å²) in [4.78, 5) is 17.6. The molecule has 180 valence electrons. The van der Waals surface area contributed by atoms with Gasteiger partial charge in [-0.25, -0.2) is 9.67 Å². The van der Waals surface area contributed by atoms with Crippen LogP contribution in [-0.2, 0) is 13.7 Å². The van der Waals surface area contributed by atoms with Gasteiger partial charge >= 0.3 is 0 Å². The molecule has 6 nitrogen and oxygen atoms in total. The van der Waals surface area contributed by atoms with Crippen molar-refractivity contribution in [3.63, 3.8) is 0 Å². The van der Waals surface area contributed by atoms with Crippen molar-refractivity contribution in [2.45, 2.75) is 13.5 Å². The number of aromatic nitrogens is 2. The van der Waals surface area contributed by atoms with Crippen LogP contribution in [0.15, 0.2) is 74.9 Å². The average Bonchev–Trinajstić information content (AvgIpc) is 3.05. The Labute approximate surface area is 221 Å². The molecule has 0 bridgehead atoms. The number of nitrogens with zero attached hydrogens (tertiary/aromatic N) is 3. The fraction of sp³-hybridized carbons (Fsp3) is 0.154. The highest BCUT2D eigenvalue weighted by molar-refractivity contribution is 9.10. The predicted molar refractivity (Wildman–Crippen MR) is 144 cm³/mol. The second-order valence-electron chi connectivity index (χ2n) is 7.73. The normalized spacial score (nSPS) is 11.3. The largest absolute Gasteiger partial charge is 0.493 e. The van der Waals surface area contributed by atoms with Gasteiger partial charge in [-0.3, -0.25) is 9.48 Å². The smallest absolute Gasteiger partial charge is 0.297 e. The van der Waals surface area contributed by atoms with E-state index in [2.05, 4.69) is 20.9 Å². The summed E-state index contributed by atoms with van der Waals surface area (Å²) in [5.74, 6) is 1.04. The van der Waals surface area contributed by atoms with Crippen LogP contribution >= 0.6 is 39.1 Å². The zero-order valence-corrected chi connectivity index (χ0v) is 22.4. The quantitative estimate of drug-likeness (QED) is 0.226. The van der Waals surface area contributed by atoms with E-state index in [0.29, 0.717) is 31.7 Å². The van der Waals surface area contributed by atoms with Gasteiger partial charge in [0.2, 0.25) is 0 Å². The Bertz CT molecular complexity index is 1460. The summed E-state index contributed by atoms with van der Waals surface area (Å²) < 4.78 is 15.6. The lowest BCUT2D eigenvalue weighted by Crippen LogP contribution is -2.19. The van der Waals surface area contributed by atoms with E-state index in [4.69, 9.17) is 32.7 Å². The van der Waals surface area contributed by atoms with E-state index in [1.165, 1.54) is 0 Å². The topological polar surface area (TPSA) is 57.8 Å². The molecule has 3 aromatic carbocycles. The van der Waals surface area contributed by atoms with Gasteiger partial charge in [0.15, 0.2) is 17.2 Å². The Balaban J connectivity index is 1.62. The molecule has 0 amide bonds. The lowest BCUT2D eigenvalue weighted by molar-refractivity contribution is 0.282. The van der Waals surface area contributed by atoms with Gasteiger partial charge in [-0.1, -0.05) is 47.5 Å². The van der Waals surface area contributed by atoms with E-state index in [-0.39, 0.29) is 12.2 Å². The summed E-state index contributed by atoms with van der Waals surface area (Å²) in [5.41, 5.74) is 3.23. The molecule has 0 atom stereocenters. The van der Waals surface area contributed by atoms with Crippen molar-refractivity contribution < 1.29 is 9.47 Å². The summed E-state index contributed by atoms with van der Waals surface area (Å²) in [7, 11) is 3.39. The molecule has 4 rings (SSSR count). The third kappa shape index (κ3) is 5.32. The summed E-state index contributed by atoms with van der Waals surface area (Å²) >= 11 is 15.8. The van der Waals surface area contributed by atoms with Crippen molar-refractivity contribution in [2.24, 2.45) is 12.0 Å². The molecule has 0 aliphatic heterocycles. The van der Waals surface area contributed by atoms with Crippen molar-refractivity contribution >= 4 is 51.0 Å². The van der Waals surface area contributed by atoms with Gasteiger partial charge in [-0.15, -0.1) is 0 Å². The van der Waals surface area contributed by atoms with E-state index in [1.54, 1.807) is 40.9 Å². The maximum absolute atomic E-state index is 13.1. The number of halogens is 3. The highest BCUT2D eigenvalue weighted by Crippen LogP contribution is 2.37. The molecule has 0 saturated carbocycles. The highest BCUT2D eigenvalue weighted by Gasteiger charge is 2.16. The van der Waals surface area contributed by atoms with Crippen molar-refractivity contribution in [1.29, 1.82) is 0 Å². The van der Waals surface area contributed by atoms with Gasteiger partial charge in [-0.2, -0.15) is 0 Å². The van der Waals surface area contributed by atoms with Crippen LogP contribution in [0.1, 0.15) is 16.8 Å². The van der Waals surface area contributed by atoms with Gasteiger partial charge < -0.3 is 9.47 Å². The van der Waals surface area contributed by atoms with Crippen LogP contribution in [0.2, 0.25) is 10.0 Å². The molecular weight excluding hydrogens is 553 g/mol. The zero-order valence-electron chi connectivity index (χ0n) is 19.3. The molecule has 0 fully saturated rings. The van der Waals surface area contributed by atoms with Gasteiger partial charge in [0.1, 0.15) is 6.61 Å². The predicted octanol–water partition coefficient (Wildman–Crippen LogP) is 6.89. The fourth-order valence-corrected chi connectivity index (χ4v) is 4.62. The Morgan fingerprint density at radius 1 is 1.09 bits per heavy atom. The van der Waals surface area contributed by atoms with E-state index in [9.17, 15) is 4.79 Å². The minimum absolute atomic E-state index is 0.196. The second kappa shape index (κ2) is 10.7. The maximum atomic E-state index is 13.1. The van der Waals surface area contributed by atoms with Gasteiger partial charge in [0, 0.05) is 28.9 Å². The number of ether oxygens (including phenoxy) is 2. The van der Waals surface area contributed by atoms with E-state index < -0.39 is 0 Å². The summed E-state index contributed by atoms with van der Waals surface area (Å²) in [6, 6.07) is 18.3. The Morgan fingerprint density at radius 2 is 1.83 bits per heavy atom. The molecule has 0 spiro atoms. The van der Waals surface area contributed by atoms with Crippen LogP contribution in [-0.4, -0.2) is 22.7 Å². The SMILES string of the molecule is COc1cc(C=Nc2c(C)n(C)n(-c3ccccc3)c2=O)cc(Br)c1OCc1ccc(Cl)cc1Cl. The Morgan fingerprint density at radius 3 is 2.51 bits per heavy atom. The minimum Gasteiger partial charge on any atom is -0.493 e. The first-order valence-corrected chi connectivity index (χ1v) is 12.2. The average molecular weight is 575 g/mol. The van der Waals surface area contributed by atoms with Gasteiger partial charge in [0.05, 0.1) is 23.0 Å². The number of methoxy groups -OCH3 is 1. The number of rotatable bonds is 7. The van der Waals surface area contributed by atoms with Crippen molar-refractivity contribution in [3.05, 3.63) is 102 Å². The first-order chi connectivity index (χ1) is 16.8. The maximum Gasteiger partial charge on any atom is 0.297 e. The summed E-state index contributed by atoms with van der Waals surface area (Å²) in [6.07, 6.45) is 1.63. The summed E-state index contributed by atoms with van der Waals surface area (Å²) in [6.45, 7) is 2.10. The molecule has 0 N–H and O–H groups in total. The highest BCUT2D eigenvalue weighted by atomic mass is 79.9. The molecule has 0 unspecified atom stereocenters. The first kappa shape index (κ1) is 25.1. The van der Waals surface area contributed by atoms with Crippen molar-refractivity contribution in [2.75, 3.05) is 7.11 Å². The second-order valence-corrected chi connectivity index (χ2v) is 9.42. The van der Waals surface area contributed by atoms with Crippen molar-refractivity contribution in [1.82, 2.24) is 9.36 Å². The van der Waals surface area contributed by atoms with Crippen LogP contribution in [0.5, 0.6) is 11.5 Å². The zero-order chi connectivity index (χ0) is 25.1. The third-order valence-corrected chi connectivity index (χ3v) is 6.68. The lowest BCUT2D eigenvalue weighted by atomic mass is 10.2. The van der Waals surface area contributed by atoms with Crippen LogP contribution in [0.25, 0.3) is 5.69 Å². The molecule has 9 heteroatoms. The summed E-state index contributed by atoms with van der Waals surface area (Å²) in [5, 5.41) is 1.08. The van der Waals surface area contributed by atoms with E-state index in [0.717, 1.165) is 22.5 Å². The van der Waals surface area contributed by atoms with E-state index >= 15 is 0 Å². The molecular formula is C26H22BrCl2N3O3. The molecule has 1 aromatic heterocycles. The molecule has 0 aliphatic rings. The third-order valence-electron chi connectivity index (χ3n) is 5.51. The molecule has 35 heavy (non-hydrogen) atoms. The monoisotopic (exact) mass is 573 g/mol. The molecule has 0 radical (unpaired) electrons. The van der Waals surface area contributed by atoms with Gasteiger partial charge in [-0.05, 0) is 64.8 Å². The molecule has 0 saturated heterocycles. The number of hydrogen-bond donors (Lipinski definition) is 0. The standard InChI is InChI=1S/C26H22BrCl2N3O3/c1-16-24(26(33)32(31(16)2)20-7-5-4-6-8-20)30-14-17-11-21(27)25(23(12-17)34-3)35-15-18-9-10-19(28)13-22(18)29/h4-14H,15H2,1-3H3. The number of para-hydroxylation sites is 1. The van der Waals surface area contributed by atoms with Gasteiger partial charge in [0.25, 0.3) is 5.56 Å². The first-order valence-electron chi connectivity index (χ1n) is 10.6. The lowest BCUT2D eigenvalue weighted by Gasteiger charge is -2.14. The van der Waals surface area contributed by atoms with E-state index in [1.807, 2.05) is 56.4 Å². The van der Waals surface area contributed by atoms with Crippen LogP contribution < -0.4 is 15.0 Å². The Kier molecular flexibility index (Phi) is 7.69. The molecule has 4 aromatic rings. The number of benzene rings is 3. The Hall–Kier alpha value is -3.00.